The van der Waals surface area contributed by atoms with Crippen LogP contribution in [0, 0.1) is 0 Å². The predicted octanol–water partition coefficient (Wildman–Crippen LogP) is 5.78. The van der Waals surface area contributed by atoms with Crippen molar-refractivity contribution in [2.45, 2.75) is 6.42 Å². The second-order valence-electron chi connectivity index (χ2n) is 9.20. The van der Waals surface area contributed by atoms with Gasteiger partial charge in [-0.3, -0.25) is 0 Å². The molecule has 2 heterocycles. The number of hydrogen-bond acceptors (Lipinski definition) is 10. The number of methoxy groups -OCH3 is 2. The summed E-state index contributed by atoms with van der Waals surface area (Å²) in [6, 6.07) is 20.7. The Balaban J connectivity index is 1.33. The number of nitrogens with zero attached hydrogens (tertiary/aromatic N) is 3. The molecule has 0 aliphatic carbocycles. The Labute approximate surface area is 273 Å². The van der Waals surface area contributed by atoms with Crippen LogP contribution in [0.15, 0.2) is 82.0 Å². The smallest absolute Gasteiger partial charge is 0.339 e. The third kappa shape index (κ3) is 8.53. The van der Waals surface area contributed by atoms with Crippen LogP contribution in [0.2, 0.25) is 5.02 Å². The largest absolute Gasteiger partial charge is 0.493 e. The fraction of sp³-hybridized carbons (Fsp3) is 0.133. The molecule has 0 amide bonds. The van der Waals surface area contributed by atoms with E-state index < -0.39 is 5.63 Å². The lowest BCUT2D eigenvalue weighted by Crippen LogP contribution is -2.31. The maximum absolute atomic E-state index is 12.2. The number of nitrogens with one attached hydrogen (secondary N) is 4. The van der Waals surface area contributed by atoms with E-state index in [0.717, 1.165) is 5.56 Å². The Morgan fingerprint density at radius 2 is 1.53 bits per heavy atom. The number of benzene rings is 3. The number of anilines is 3. The fourth-order valence-electron chi connectivity index (χ4n) is 4.08. The molecule has 5 rings (SSSR count). The molecule has 4 N–H and O–H groups in total. The van der Waals surface area contributed by atoms with Gasteiger partial charge in [0.25, 0.3) is 0 Å². The molecule has 0 radical (unpaired) electrons. The highest BCUT2D eigenvalue weighted by Crippen LogP contribution is 2.29. The van der Waals surface area contributed by atoms with Crippen molar-refractivity contribution in [2.24, 2.45) is 0 Å². The van der Waals surface area contributed by atoms with Gasteiger partial charge < -0.3 is 39.9 Å². The summed E-state index contributed by atoms with van der Waals surface area (Å²) in [5.41, 5.74) is 1.47. The summed E-state index contributed by atoms with van der Waals surface area (Å²) in [5, 5.41) is 13.6. The molecule has 45 heavy (non-hydrogen) atoms. The number of thiocarbonyl (C=S) groups is 2. The number of ether oxygens (including phenoxy) is 3. The van der Waals surface area contributed by atoms with Gasteiger partial charge in [0.15, 0.2) is 21.7 Å². The van der Waals surface area contributed by atoms with E-state index in [4.69, 9.17) is 54.7 Å². The zero-order chi connectivity index (χ0) is 31.8. The highest BCUT2D eigenvalue weighted by atomic mass is 35.5. The second-order valence-corrected chi connectivity index (χ2v) is 10.5. The molecule has 230 valence electrons. The first kappa shape index (κ1) is 31.4. The zero-order valence-electron chi connectivity index (χ0n) is 23.9. The van der Waals surface area contributed by atoms with E-state index in [9.17, 15) is 4.79 Å². The van der Waals surface area contributed by atoms with E-state index in [1.54, 1.807) is 62.8 Å². The lowest BCUT2D eigenvalue weighted by atomic mass is 10.1. The van der Waals surface area contributed by atoms with Gasteiger partial charge in [0.05, 0.1) is 25.7 Å². The molecule has 0 fully saturated rings. The predicted molar refractivity (Wildman–Crippen MR) is 181 cm³/mol. The maximum Gasteiger partial charge on any atom is 0.339 e. The van der Waals surface area contributed by atoms with Gasteiger partial charge in [0, 0.05) is 17.3 Å². The average Bonchev–Trinajstić information content (AvgIpc) is 3.02. The van der Waals surface area contributed by atoms with Crippen LogP contribution >= 0.6 is 36.0 Å². The SMILES string of the molecule is COc1ccc(CCNC(=S)Nc2nc(NC(=S)Nc3ccc(Cl)cc3)nc(Oc3cc(=O)oc4ccccc34)n2)cc1OC. The Morgan fingerprint density at radius 1 is 0.822 bits per heavy atom. The van der Waals surface area contributed by atoms with Crippen molar-refractivity contribution in [1.29, 1.82) is 0 Å². The topological polar surface area (TPSA) is 145 Å². The molecule has 0 spiro atoms. The Bertz CT molecular complexity index is 1910. The van der Waals surface area contributed by atoms with Gasteiger partial charge in [0.1, 0.15) is 11.3 Å². The van der Waals surface area contributed by atoms with E-state index in [2.05, 4.69) is 36.2 Å². The Hall–Kier alpha value is -5.05. The third-order valence-electron chi connectivity index (χ3n) is 6.13. The van der Waals surface area contributed by atoms with Crippen LogP contribution in [0.25, 0.3) is 11.0 Å². The lowest BCUT2D eigenvalue weighted by molar-refractivity contribution is 0.354. The minimum absolute atomic E-state index is 0.0503. The molecule has 0 saturated carbocycles. The van der Waals surface area contributed by atoms with E-state index >= 15 is 0 Å². The average molecular weight is 664 g/mol. The van der Waals surface area contributed by atoms with Gasteiger partial charge >= 0.3 is 11.6 Å². The number of halogens is 1. The van der Waals surface area contributed by atoms with E-state index in [1.165, 1.54) is 6.07 Å². The number of para-hydroxylation sites is 1. The molecule has 0 saturated heterocycles. The molecule has 0 aliphatic rings. The van der Waals surface area contributed by atoms with Crippen molar-refractivity contribution in [3.63, 3.8) is 0 Å². The molecule has 3 aromatic carbocycles. The van der Waals surface area contributed by atoms with Crippen molar-refractivity contribution in [3.05, 3.63) is 93.8 Å². The second kappa shape index (κ2) is 14.6. The van der Waals surface area contributed by atoms with Crippen LogP contribution in [0.5, 0.6) is 23.3 Å². The van der Waals surface area contributed by atoms with Gasteiger partial charge in [-0.1, -0.05) is 29.8 Å². The monoisotopic (exact) mass is 663 g/mol. The lowest BCUT2D eigenvalue weighted by Gasteiger charge is -2.14. The quantitative estimate of drug-likeness (QED) is 0.106. The summed E-state index contributed by atoms with van der Waals surface area (Å²) in [6.07, 6.45) is 0.648. The minimum Gasteiger partial charge on any atom is -0.493 e. The number of aromatic nitrogens is 3. The van der Waals surface area contributed by atoms with Gasteiger partial charge in [-0.15, -0.1) is 0 Å². The van der Waals surface area contributed by atoms with Crippen LogP contribution in [-0.4, -0.2) is 45.9 Å². The number of fused-ring (bicyclic) bond motifs is 1. The summed E-state index contributed by atoms with van der Waals surface area (Å²) < 4.78 is 21.9. The Morgan fingerprint density at radius 3 is 2.27 bits per heavy atom. The van der Waals surface area contributed by atoms with Crippen LogP contribution < -0.4 is 41.1 Å². The van der Waals surface area contributed by atoms with Crippen molar-refractivity contribution >= 4 is 74.8 Å². The molecule has 0 atom stereocenters. The van der Waals surface area contributed by atoms with Crippen LogP contribution in [0.3, 0.4) is 0 Å². The summed E-state index contributed by atoms with van der Waals surface area (Å²) in [4.78, 5) is 25.3. The highest BCUT2D eigenvalue weighted by molar-refractivity contribution is 7.80. The molecule has 0 bridgehead atoms. The standard InChI is InChI=1S/C30H26ClN7O5S2/c1-40-22-12-7-17(15-24(22)41-2)13-14-32-29(44)37-26-34-27(38-30(45)33-19-10-8-18(31)9-11-19)36-28(35-26)43-23-16-25(39)42-21-6-4-3-5-20(21)23/h3-12,15-16H,13-14H2,1-2H3,(H4,32,33,34,35,36,37,38,44,45). The summed E-state index contributed by atoms with van der Waals surface area (Å²) in [6.45, 7) is 0.502. The maximum atomic E-state index is 12.2. The normalized spacial score (nSPS) is 10.6. The third-order valence-corrected chi connectivity index (χ3v) is 6.83. The minimum atomic E-state index is -0.595. The van der Waals surface area contributed by atoms with E-state index in [0.29, 0.717) is 46.1 Å². The number of rotatable bonds is 10. The molecule has 15 heteroatoms. The Kier molecular flexibility index (Phi) is 10.2. The molecule has 12 nitrogen and oxygen atoms in total. The van der Waals surface area contributed by atoms with Crippen molar-refractivity contribution < 1.29 is 18.6 Å². The van der Waals surface area contributed by atoms with Crippen LogP contribution in [-0.2, 0) is 6.42 Å². The zero-order valence-corrected chi connectivity index (χ0v) is 26.3. The van der Waals surface area contributed by atoms with Crippen LogP contribution in [0.1, 0.15) is 5.56 Å². The summed E-state index contributed by atoms with van der Waals surface area (Å²) in [5.74, 6) is 1.60. The molecular formula is C30H26ClN7O5S2. The van der Waals surface area contributed by atoms with Gasteiger partial charge in [-0.25, -0.2) is 4.79 Å². The van der Waals surface area contributed by atoms with Gasteiger partial charge in [-0.05, 0) is 85.0 Å². The summed E-state index contributed by atoms with van der Waals surface area (Å²) >= 11 is 16.9. The van der Waals surface area contributed by atoms with Gasteiger partial charge in [0.2, 0.25) is 11.9 Å². The van der Waals surface area contributed by atoms with Crippen molar-refractivity contribution in [1.82, 2.24) is 20.3 Å². The van der Waals surface area contributed by atoms with E-state index in [1.807, 2.05) is 18.2 Å². The van der Waals surface area contributed by atoms with E-state index in [-0.39, 0.29) is 33.9 Å². The number of hydrogen-bond donors (Lipinski definition) is 4. The molecule has 0 unspecified atom stereocenters. The molecule has 2 aromatic heterocycles. The van der Waals surface area contributed by atoms with Crippen LogP contribution in [0.4, 0.5) is 17.6 Å². The molecule has 0 aliphatic heterocycles. The first-order valence-corrected chi connectivity index (χ1v) is 14.5. The first-order chi connectivity index (χ1) is 21.8. The van der Waals surface area contributed by atoms with Gasteiger partial charge in [-0.2, -0.15) is 15.0 Å². The highest BCUT2D eigenvalue weighted by Gasteiger charge is 2.15. The first-order valence-electron chi connectivity index (χ1n) is 13.4. The molecule has 5 aromatic rings. The van der Waals surface area contributed by atoms with Crippen molar-refractivity contribution in [3.8, 4) is 23.3 Å². The van der Waals surface area contributed by atoms with Crippen molar-refractivity contribution in [2.75, 3.05) is 36.7 Å². The fourth-order valence-corrected chi connectivity index (χ4v) is 4.61. The molecular weight excluding hydrogens is 638 g/mol. The summed E-state index contributed by atoms with van der Waals surface area (Å²) in [7, 11) is 3.18.